The van der Waals surface area contributed by atoms with E-state index in [1.165, 1.54) is 6.33 Å². The van der Waals surface area contributed by atoms with E-state index in [-0.39, 0.29) is 17.6 Å². The van der Waals surface area contributed by atoms with Gasteiger partial charge >= 0.3 is 0 Å². The van der Waals surface area contributed by atoms with Crippen molar-refractivity contribution in [3.05, 3.63) is 12.4 Å². The minimum Gasteiger partial charge on any atom is -0.481 e. The van der Waals surface area contributed by atoms with Crippen LogP contribution in [-0.2, 0) is 14.3 Å². The maximum Gasteiger partial charge on any atom is 0.249 e. The number of methoxy groups -OCH3 is 2. The van der Waals surface area contributed by atoms with Crippen molar-refractivity contribution in [3.63, 3.8) is 0 Å². The number of anilines is 1. The molecule has 2 aliphatic rings. The molecule has 25 heavy (non-hydrogen) atoms. The van der Waals surface area contributed by atoms with Gasteiger partial charge in [-0.3, -0.25) is 4.79 Å². The van der Waals surface area contributed by atoms with Gasteiger partial charge in [-0.25, -0.2) is 9.97 Å². The Morgan fingerprint density at radius 3 is 2.88 bits per heavy atom. The summed E-state index contributed by atoms with van der Waals surface area (Å²) in [6, 6.07) is 1.85. The van der Waals surface area contributed by atoms with Crippen molar-refractivity contribution >= 4 is 11.7 Å². The molecule has 138 valence electrons. The Balaban J connectivity index is 1.52. The van der Waals surface area contributed by atoms with E-state index < -0.39 is 0 Å². The molecule has 2 saturated heterocycles. The summed E-state index contributed by atoms with van der Waals surface area (Å²) >= 11 is 0. The first-order valence-electron chi connectivity index (χ1n) is 8.71. The average molecular weight is 350 g/mol. The second-order valence-corrected chi connectivity index (χ2v) is 6.52. The maximum atomic E-state index is 12.2. The van der Waals surface area contributed by atoms with E-state index in [0.717, 1.165) is 44.6 Å². The summed E-state index contributed by atoms with van der Waals surface area (Å²) in [6.07, 6.45) is 4.66. The molecule has 8 heteroatoms. The first kappa shape index (κ1) is 17.9. The quantitative estimate of drug-likeness (QED) is 0.758. The highest BCUT2D eigenvalue weighted by molar-refractivity contribution is 5.81. The molecule has 3 heterocycles. The molecule has 0 aromatic carbocycles. The summed E-state index contributed by atoms with van der Waals surface area (Å²) in [5.74, 6) is 1.40. The van der Waals surface area contributed by atoms with Crippen LogP contribution in [0.3, 0.4) is 0 Å². The summed E-state index contributed by atoms with van der Waals surface area (Å²) in [5, 5.41) is 2.86. The van der Waals surface area contributed by atoms with Crippen LogP contribution in [0.1, 0.15) is 25.7 Å². The lowest BCUT2D eigenvalue weighted by Crippen LogP contribution is -2.46. The Morgan fingerprint density at radius 1 is 1.36 bits per heavy atom. The van der Waals surface area contributed by atoms with Crippen molar-refractivity contribution in [2.75, 3.05) is 45.4 Å². The normalized spacial score (nSPS) is 22.2. The fourth-order valence-electron chi connectivity index (χ4n) is 3.51. The Hall–Kier alpha value is -1.93. The first-order chi connectivity index (χ1) is 12.2. The number of rotatable bonds is 6. The summed E-state index contributed by atoms with van der Waals surface area (Å²) in [4.78, 5) is 22.8. The van der Waals surface area contributed by atoms with Crippen LogP contribution < -0.4 is 15.0 Å². The Bertz CT molecular complexity index is 590. The van der Waals surface area contributed by atoms with Crippen LogP contribution in [0.2, 0.25) is 0 Å². The topological polar surface area (TPSA) is 85.8 Å². The standard InChI is InChI=1S/C17H26N4O4/c1-23-10-7-18-16(22)13-3-4-17(25-13)5-8-21(9-6-17)14-11-15(24-2)20-12-19-14/h11-13H,3-10H2,1-2H3,(H,18,22). The average Bonchev–Trinajstić information content (AvgIpc) is 3.06. The molecule has 1 spiro atoms. The molecular weight excluding hydrogens is 324 g/mol. The van der Waals surface area contributed by atoms with Gasteiger partial charge in [0.1, 0.15) is 18.2 Å². The number of nitrogens with zero attached hydrogens (tertiary/aromatic N) is 3. The molecule has 1 aromatic rings. The highest BCUT2D eigenvalue weighted by Gasteiger charge is 2.44. The molecule has 0 radical (unpaired) electrons. The number of aromatic nitrogens is 2. The van der Waals surface area contributed by atoms with Crippen molar-refractivity contribution < 1.29 is 19.0 Å². The zero-order valence-electron chi connectivity index (χ0n) is 14.9. The van der Waals surface area contributed by atoms with Gasteiger partial charge in [0.15, 0.2) is 0 Å². The molecule has 0 saturated carbocycles. The highest BCUT2D eigenvalue weighted by atomic mass is 16.5. The second kappa shape index (κ2) is 7.97. The van der Waals surface area contributed by atoms with E-state index in [0.29, 0.717) is 19.0 Å². The van der Waals surface area contributed by atoms with Crippen LogP contribution in [0, 0.1) is 0 Å². The number of piperidine rings is 1. The van der Waals surface area contributed by atoms with Crippen LogP contribution in [0.25, 0.3) is 0 Å². The third-order valence-corrected chi connectivity index (χ3v) is 4.99. The largest absolute Gasteiger partial charge is 0.481 e. The van der Waals surface area contributed by atoms with E-state index in [1.54, 1.807) is 14.2 Å². The number of hydrogen-bond acceptors (Lipinski definition) is 7. The Morgan fingerprint density at radius 2 is 2.16 bits per heavy atom. The van der Waals surface area contributed by atoms with Crippen molar-refractivity contribution in [2.45, 2.75) is 37.4 Å². The predicted molar refractivity (Wildman–Crippen MR) is 91.8 cm³/mol. The molecule has 1 atom stereocenters. The first-order valence-corrected chi connectivity index (χ1v) is 8.71. The van der Waals surface area contributed by atoms with Gasteiger partial charge < -0.3 is 24.4 Å². The number of carbonyl (C=O) groups is 1. The summed E-state index contributed by atoms with van der Waals surface area (Å²) in [7, 11) is 3.22. The van der Waals surface area contributed by atoms with Crippen molar-refractivity contribution in [3.8, 4) is 5.88 Å². The van der Waals surface area contributed by atoms with Crippen molar-refractivity contribution in [1.29, 1.82) is 0 Å². The van der Waals surface area contributed by atoms with E-state index in [4.69, 9.17) is 14.2 Å². The van der Waals surface area contributed by atoms with Crippen LogP contribution in [0.5, 0.6) is 5.88 Å². The van der Waals surface area contributed by atoms with E-state index in [2.05, 4.69) is 20.2 Å². The fourth-order valence-corrected chi connectivity index (χ4v) is 3.51. The minimum absolute atomic E-state index is 0.0307. The van der Waals surface area contributed by atoms with E-state index in [1.807, 2.05) is 6.07 Å². The van der Waals surface area contributed by atoms with E-state index in [9.17, 15) is 4.79 Å². The number of nitrogens with one attached hydrogen (secondary N) is 1. The number of carbonyl (C=O) groups excluding carboxylic acids is 1. The van der Waals surface area contributed by atoms with Gasteiger partial charge in [0, 0.05) is 32.8 Å². The van der Waals surface area contributed by atoms with Gasteiger partial charge in [-0.1, -0.05) is 0 Å². The molecule has 0 aliphatic carbocycles. The van der Waals surface area contributed by atoms with Gasteiger partial charge in [-0.2, -0.15) is 0 Å². The van der Waals surface area contributed by atoms with Crippen molar-refractivity contribution in [1.82, 2.24) is 15.3 Å². The highest BCUT2D eigenvalue weighted by Crippen LogP contribution is 2.39. The van der Waals surface area contributed by atoms with Crippen LogP contribution in [-0.4, -0.2) is 68.0 Å². The molecule has 1 amide bonds. The molecule has 1 aromatic heterocycles. The molecule has 1 unspecified atom stereocenters. The van der Waals surface area contributed by atoms with Gasteiger partial charge in [0.2, 0.25) is 11.8 Å². The Kier molecular flexibility index (Phi) is 5.70. The lowest BCUT2D eigenvalue weighted by Gasteiger charge is -2.39. The zero-order chi connectivity index (χ0) is 17.7. The fraction of sp³-hybridized carbons (Fsp3) is 0.706. The monoisotopic (exact) mass is 350 g/mol. The van der Waals surface area contributed by atoms with Gasteiger partial charge in [-0.05, 0) is 25.7 Å². The molecular formula is C17H26N4O4. The van der Waals surface area contributed by atoms with Crippen LogP contribution in [0.4, 0.5) is 5.82 Å². The molecule has 0 bridgehead atoms. The smallest absolute Gasteiger partial charge is 0.249 e. The number of amides is 1. The summed E-state index contributed by atoms with van der Waals surface area (Å²) < 4.78 is 16.3. The van der Waals surface area contributed by atoms with E-state index >= 15 is 0 Å². The molecule has 2 aliphatic heterocycles. The van der Waals surface area contributed by atoms with Gasteiger partial charge in [0.05, 0.1) is 19.3 Å². The third kappa shape index (κ3) is 4.19. The van der Waals surface area contributed by atoms with Crippen LogP contribution >= 0.6 is 0 Å². The lowest BCUT2D eigenvalue weighted by atomic mass is 9.88. The predicted octanol–water partition coefficient (Wildman–Crippen LogP) is 0.766. The molecule has 3 rings (SSSR count). The molecule has 8 nitrogen and oxygen atoms in total. The molecule has 2 fully saturated rings. The Labute approximate surface area is 147 Å². The molecule has 1 N–H and O–H groups in total. The minimum atomic E-state index is -0.345. The van der Waals surface area contributed by atoms with Gasteiger partial charge in [0.25, 0.3) is 0 Å². The second-order valence-electron chi connectivity index (χ2n) is 6.52. The third-order valence-electron chi connectivity index (χ3n) is 4.99. The zero-order valence-corrected chi connectivity index (χ0v) is 14.9. The summed E-state index contributed by atoms with van der Waals surface area (Å²) in [5.41, 5.74) is -0.184. The van der Waals surface area contributed by atoms with Gasteiger partial charge in [-0.15, -0.1) is 0 Å². The summed E-state index contributed by atoms with van der Waals surface area (Å²) in [6.45, 7) is 2.73. The lowest BCUT2D eigenvalue weighted by molar-refractivity contribution is -0.138. The SMILES string of the molecule is COCCNC(=O)C1CCC2(CCN(c3cc(OC)ncn3)CC2)O1. The maximum absolute atomic E-state index is 12.2. The van der Waals surface area contributed by atoms with Crippen LogP contribution in [0.15, 0.2) is 12.4 Å². The number of hydrogen-bond donors (Lipinski definition) is 1. The number of ether oxygens (including phenoxy) is 3. The van der Waals surface area contributed by atoms with Crippen molar-refractivity contribution in [2.24, 2.45) is 0 Å².